The summed E-state index contributed by atoms with van der Waals surface area (Å²) in [7, 11) is 0. The monoisotopic (exact) mass is 192 g/mol. The van der Waals surface area contributed by atoms with E-state index in [1.807, 2.05) is 6.07 Å². The highest BCUT2D eigenvalue weighted by Gasteiger charge is 2.19. The molecule has 0 aliphatic heterocycles. The van der Waals surface area contributed by atoms with Gasteiger partial charge in [0.05, 0.1) is 0 Å². The SMILES string of the molecule is NC(=O)Oc1ccc(C2CCC2)cn1. The minimum absolute atomic E-state index is 0.264. The van der Waals surface area contributed by atoms with E-state index in [9.17, 15) is 4.79 Å². The molecule has 1 aromatic rings. The topological polar surface area (TPSA) is 65.2 Å². The van der Waals surface area contributed by atoms with Crippen LogP contribution in [0.25, 0.3) is 0 Å². The van der Waals surface area contributed by atoms with Crippen molar-refractivity contribution in [2.45, 2.75) is 25.2 Å². The number of aromatic nitrogens is 1. The summed E-state index contributed by atoms with van der Waals surface area (Å²) in [6, 6.07) is 3.62. The molecule has 1 amide bonds. The number of ether oxygens (including phenoxy) is 1. The van der Waals surface area contributed by atoms with E-state index in [4.69, 9.17) is 5.73 Å². The molecule has 4 nitrogen and oxygen atoms in total. The van der Waals surface area contributed by atoms with Gasteiger partial charge in [-0.3, -0.25) is 0 Å². The van der Waals surface area contributed by atoms with Crippen LogP contribution in [-0.2, 0) is 0 Å². The summed E-state index contributed by atoms with van der Waals surface area (Å²) in [5.74, 6) is 0.908. The zero-order valence-electron chi connectivity index (χ0n) is 7.77. The van der Waals surface area contributed by atoms with E-state index in [-0.39, 0.29) is 5.88 Å². The van der Waals surface area contributed by atoms with Crippen molar-refractivity contribution in [2.75, 3.05) is 0 Å². The standard InChI is InChI=1S/C10H12N2O2/c11-10(13)14-9-5-4-8(6-12-9)7-2-1-3-7/h4-7H,1-3H2,(H2,11,13). The second kappa shape index (κ2) is 3.65. The Hall–Kier alpha value is -1.58. The van der Waals surface area contributed by atoms with Gasteiger partial charge in [0.1, 0.15) is 0 Å². The van der Waals surface area contributed by atoms with Crippen LogP contribution in [-0.4, -0.2) is 11.1 Å². The van der Waals surface area contributed by atoms with Gasteiger partial charge in [-0.05, 0) is 24.3 Å². The average Bonchev–Trinajstić information content (AvgIpc) is 2.04. The fourth-order valence-electron chi connectivity index (χ4n) is 1.54. The molecule has 4 heteroatoms. The number of amides is 1. The fraction of sp³-hybridized carbons (Fsp3) is 0.400. The van der Waals surface area contributed by atoms with Crippen LogP contribution in [0.15, 0.2) is 18.3 Å². The van der Waals surface area contributed by atoms with E-state index < -0.39 is 6.09 Å². The molecule has 74 valence electrons. The number of rotatable bonds is 2. The van der Waals surface area contributed by atoms with E-state index in [1.165, 1.54) is 24.8 Å². The molecular formula is C10H12N2O2. The normalized spacial score (nSPS) is 16.0. The Balaban J connectivity index is 2.05. The molecule has 0 unspecified atom stereocenters. The largest absolute Gasteiger partial charge is 0.411 e. The van der Waals surface area contributed by atoms with E-state index in [0.717, 1.165) is 0 Å². The number of carbonyl (C=O) groups excluding carboxylic acids is 1. The Morgan fingerprint density at radius 1 is 1.50 bits per heavy atom. The van der Waals surface area contributed by atoms with Gasteiger partial charge in [-0.25, -0.2) is 9.78 Å². The van der Waals surface area contributed by atoms with Crippen LogP contribution in [0.1, 0.15) is 30.7 Å². The van der Waals surface area contributed by atoms with Gasteiger partial charge in [0.15, 0.2) is 0 Å². The number of hydrogen-bond donors (Lipinski definition) is 1. The van der Waals surface area contributed by atoms with Crippen molar-refractivity contribution in [2.24, 2.45) is 5.73 Å². The van der Waals surface area contributed by atoms with Gasteiger partial charge in [-0.2, -0.15) is 0 Å². The minimum Gasteiger partial charge on any atom is -0.391 e. The van der Waals surface area contributed by atoms with Crippen molar-refractivity contribution in [1.29, 1.82) is 0 Å². The lowest BCUT2D eigenvalue weighted by atomic mass is 9.81. The van der Waals surface area contributed by atoms with E-state index in [1.54, 1.807) is 12.3 Å². The molecule has 0 spiro atoms. The molecule has 1 heterocycles. The zero-order valence-corrected chi connectivity index (χ0v) is 7.77. The highest BCUT2D eigenvalue weighted by atomic mass is 16.6. The quantitative estimate of drug-likeness (QED) is 0.777. The zero-order chi connectivity index (χ0) is 9.97. The van der Waals surface area contributed by atoms with Crippen LogP contribution < -0.4 is 10.5 Å². The average molecular weight is 192 g/mol. The lowest BCUT2D eigenvalue weighted by Gasteiger charge is -2.25. The highest BCUT2D eigenvalue weighted by Crippen LogP contribution is 2.36. The Morgan fingerprint density at radius 2 is 2.29 bits per heavy atom. The number of nitrogens with two attached hydrogens (primary N) is 1. The Kier molecular flexibility index (Phi) is 2.35. The van der Waals surface area contributed by atoms with Crippen LogP contribution in [0, 0.1) is 0 Å². The van der Waals surface area contributed by atoms with Gasteiger partial charge in [0, 0.05) is 12.3 Å². The van der Waals surface area contributed by atoms with Crippen molar-refractivity contribution in [1.82, 2.24) is 4.98 Å². The first kappa shape index (κ1) is 8.99. The van der Waals surface area contributed by atoms with Crippen LogP contribution in [0.5, 0.6) is 5.88 Å². The molecule has 2 rings (SSSR count). The predicted molar refractivity (Wildman–Crippen MR) is 51.0 cm³/mol. The van der Waals surface area contributed by atoms with Crippen molar-refractivity contribution in [3.8, 4) is 5.88 Å². The first-order chi connectivity index (χ1) is 6.75. The third-order valence-corrected chi connectivity index (χ3v) is 2.54. The molecular weight excluding hydrogens is 180 g/mol. The molecule has 1 fully saturated rings. The second-order valence-corrected chi connectivity index (χ2v) is 3.48. The van der Waals surface area contributed by atoms with Crippen LogP contribution in [0.3, 0.4) is 0 Å². The minimum atomic E-state index is -0.825. The van der Waals surface area contributed by atoms with Gasteiger partial charge < -0.3 is 10.5 Å². The predicted octanol–water partition coefficient (Wildman–Crippen LogP) is 1.81. The summed E-state index contributed by atoms with van der Waals surface area (Å²) in [5.41, 5.74) is 6.07. The van der Waals surface area contributed by atoms with Crippen LogP contribution in [0.4, 0.5) is 4.79 Å². The van der Waals surface area contributed by atoms with Gasteiger partial charge >= 0.3 is 6.09 Å². The van der Waals surface area contributed by atoms with Crippen LogP contribution in [0.2, 0.25) is 0 Å². The molecule has 0 saturated heterocycles. The molecule has 0 bridgehead atoms. The highest BCUT2D eigenvalue weighted by molar-refractivity contribution is 5.67. The summed E-state index contributed by atoms with van der Waals surface area (Å²) in [6.07, 6.45) is 4.69. The Labute approximate surface area is 82.1 Å². The van der Waals surface area contributed by atoms with Crippen molar-refractivity contribution < 1.29 is 9.53 Å². The lowest BCUT2D eigenvalue weighted by molar-refractivity contribution is 0.209. The third-order valence-electron chi connectivity index (χ3n) is 2.54. The van der Waals surface area contributed by atoms with Crippen molar-refractivity contribution in [3.05, 3.63) is 23.9 Å². The summed E-state index contributed by atoms with van der Waals surface area (Å²) >= 11 is 0. The van der Waals surface area contributed by atoms with Crippen molar-refractivity contribution in [3.63, 3.8) is 0 Å². The van der Waals surface area contributed by atoms with Gasteiger partial charge in [0.25, 0.3) is 0 Å². The molecule has 1 aliphatic carbocycles. The number of nitrogens with zero attached hydrogens (tertiary/aromatic N) is 1. The smallest absolute Gasteiger partial charge is 0.391 e. The maximum absolute atomic E-state index is 10.4. The number of primary amides is 1. The molecule has 14 heavy (non-hydrogen) atoms. The maximum Gasteiger partial charge on any atom is 0.411 e. The molecule has 2 N–H and O–H groups in total. The Bertz CT molecular complexity index is 330. The second-order valence-electron chi connectivity index (χ2n) is 3.48. The van der Waals surface area contributed by atoms with Gasteiger partial charge in [0.2, 0.25) is 5.88 Å². The first-order valence-corrected chi connectivity index (χ1v) is 4.69. The van der Waals surface area contributed by atoms with Gasteiger partial charge in [-0.15, -0.1) is 0 Å². The van der Waals surface area contributed by atoms with E-state index in [2.05, 4.69) is 9.72 Å². The molecule has 1 saturated carbocycles. The third kappa shape index (κ3) is 1.84. The molecule has 1 aliphatic rings. The summed E-state index contributed by atoms with van der Waals surface area (Å²) in [6.45, 7) is 0. The molecule has 0 radical (unpaired) electrons. The summed E-state index contributed by atoms with van der Waals surface area (Å²) in [5, 5.41) is 0. The number of carbonyl (C=O) groups is 1. The summed E-state index contributed by atoms with van der Waals surface area (Å²) < 4.78 is 4.63. The van der Waals surface area contributed by atoms with E-state index >= 15 is 0 Å². The number of pyridine rings is 1. The maximum atomic E-state index is 10.4. The molecule has 1 aromatic heterocycles. The lowest BCUT2D eigenvalue weighted by Crippen LogP contribution is -2.17. The van der Waals surface area contributed by atoms with Crippen molar-refractivity contribution >= 4 is 6.09 Å². The van der Waals surface area contributed by atoms with E-state index in [0.29, 0.717) is 5.92 Å². The summed E-state index contributed by atoms with van der Waals surface area (Å²) in [4.78, 5) is 14.4. The fourth-order valence-corrected chi connectivity index (χ4v) is 1.54. The molecule has 0 atom stereocenters. The van der Waals surface area contributed by atoms with Crippen LogP contribution >= 0.6 is 0 Å². The Morgan fingerprint density at radius 3 is 2.71 bits per heavy atom. The molecule has 0 aromatic carbocycles. The first-order valence-electron chi connectivity index (χ1n) is 4.69. The van der Waals surface area contributed by atoms with Gasteiger partial charge in [-0.1, -0.05) is 12.5 Å². The number of hydrogen-bond acceptors (Lipinski definition) is 3.